The number of hydrogen-bond donors (Lipinski definition) is 1. The summed E-state index contributed by atoms with van der Waals surface area (Å²) in [5.74, 6) is 1.69. The molecule has 0 saturated heterocycles. The summed E-state index contributed by atoms with van der Waals surface area (Å²) in [6.07, 6.45) is 1.44. The molecule has 1 amide bonds. The fourth-order valence-corrected chi connectivity index (χ4v) is 3.00. The summed E-state index contributed by atoms with van der Waals surface area (Å²) in [6.45, 7) is 0. The van der Waals surface area contributed by atoms with Crippen LogP contribution in [0, 0.1) is 0 Å². The van der Waals surface area contributed by atoms with Crippen LogP contribution in [0.1, 0.15) is 18.7 Å². The summed E-state index contributed by atoms with van der Waals surface area (Å²) >= 11 is 6.05. The van der Waals surface area contributed by atoms with Crippen molar-refractivity contribution >= 4 is 28.9 Å². The van der Waals surface area contributed by atoms with E-state index in [0.717, 1.165) is 17.0 Å². The van der Waals surface area contributed by atoms with Gasteiger partial charge in [0, 0.05) is 37.5 Å². The second-order valence-electron chi connectivity index (χ2n) is 6.70. The quantitative estimate of drug-likeness (QED) is 0.587. The number of nitrogens with one attached hydrogen (secondary N) is 1. The number of aryl methyl sites for hydroxylation is 1. The Kier molecular flexibility index (Phi) is 6.72. The lowest BCUT2D eigenvalue weighted by Gasteiger charge is -2.18. The average molecular weight is 415 g/mol. The molecule has 0 spiro atoms. The lowest BCUT2D eigenvalue weighted by Crippen LogP contribution is -2.16. The molecule has 8 heteroatoms. The number of aromatic nitrogens is 2. The van der Waals surface area contributed by atoms with E-state index in [1.807, 2.05) is 49.3 Å². The van der Waals surface area contributed by atoms with Gasteiger partial charge in [-0.05, 0) is 48.9 Å². The van der Waals surface area contributed by atoms with Gasteiger partial charge < -0.3 is 19.5 Å². The minimum absolute atomic E-state index is 0.0924. The van der Waals surface area contributed by atoms with Gasteiger partial charge in [-0.1, -0.05) is 16.8 Å². The Hall–Kier alpha value is -3.06. The third kappa shape index (κ3) is 5.48. The maximum absolute atomic E-state index is 12.3. The molecule has 3 aromatic rings. The molecule has 1 aromatic heterocycles. The standard InChI is InChI=1S/C21H23ClN4O3/c1-26(2)18-12-9-15(22)13-17(18)23-19(27)5-4-6-20-24-21(25-29-20)14-7-10-16(28-3)11-8-14/h7-13H,4-6H2,1-3H3,(H,23,27). The largest absolute Gasteiger partial charge is 0.497 e. The van der Waals surface area contributed by atoms with E-state index in [-0.39, 0.29) is 5.91 Å². The number of anilines is 2. The Morgan fingerprint density at radius 1 is 1.21 bits per heavy atom. The number of amides is 1. The van der Waals surface area contributed by atoms with Gasteiger partial charge in [-0.25, -0.2) is 0 Å². The molecule has 0 atom stereocenters. The Balaban J connectivity index is 1.53. The third-order valence-electron chi connectivity index (χ3n) is 4.33. The van der Waals surface area contributed by atoms with Crippen LogP contribution in [0.25, 0.3) is 11.4 Å². The summed E-state index contributed by atoms with van der Waals surface area (Å²) in [7, 11) is 5.44. The van der Waals surface area contributed by atoms with Crippen molar-refractivity contribution in [2.75, 3.05) is 31.4 Å². The molecule has 7 nitrogen and oxygen atoms in total. The molecule has 1 heterocycles. The zero-order valence-electron chi connectivity index (χ0n) is 16.6. The van der Waals surface area contributed by atoms with Crippen LogP contribution >= 0.6 is 11.6 Å². The molecule has 0 bridgehead atoms. The predicted molar refractivity (Wildman–Crippen MR) is 114 cm³/mol. The smallest absolute Gasteiger partial charge is 0.226 e. The van der Waals surface area contributed by atoms with E-state index in [9.17, 15) is 4.79 Å². The summed E-state index contributed by atoms with van der Waals surface area (Å²) in [5.41, 5.74) is 2.42. The van der Waals surface area contributed by atoms with Crippen LogP contribution in [0.2, 0.25) is 5.02 Å². The van der Waals surface area contributed by atoms with Crippen molar-refractivity contribution in [2.45, 2.75) is 19.3 Å². The molecule has 0 aliphatic carbocycles. The SMILES string of the molecule is COc1ccc(-c2noc(CCCC(=O)Nc3cc(Cl)ccc3N(C)C)n2)cc1. The minimum Gasteiger partial charge on any atom is -0.497 e. The highest BCUT2D eigenvalue weighted by Crippen LogP contribution is 2.28. The Labute approximate surface area is 174 Å². The number of hydrogen-bond acceptors (Lipinski definition) is 6. The van der Waals surface area contributed by atoms with Crippen LogP contribution in [0.15, 0.2) is 47.0 Å². The van der Waals surface area contributed by atoms with Crippen molar-refractivity contribution in [3.05, 3.63) is 53.4 Å². The Morgan fingerprint density at radius 3 is 2.66 bits per heavy atom. The fraction of sp³-hybridized carbons (Fsp3) is 0.286. The number of rotatable bonds is 8. The number of ether oxygens (including phenoxy) is 1. The van der Waals surface area contributed by atoms with Crippen LogP contribution in [-0.4, -0.2) is 37.3 Å². The number of carbonyl (C=O) groups excluding carboxylic acids is 1. The van der Waals surface area contributed by atoms with E-state index >= 15 is 0 Å². The van der Waals surface area contributed by atoms with Crippen molar-refractivity contribution in [1.29, 1.82) is 0 Å². The van der Waals surface area contributed by atoms with Gasteiger partial charge in [-0.15, -0.1) is 0 Å². The van der Waals surface area contributed by atoms with E-state index in [1.54, 1.807) is 19.2 Å². The highest BCUT2D eigenvalue weighted by atomic mass is 35.5. The van der Waals surface area contributed by atoms with Crippen LogP contribution in [0.3, 0.4) is 0 Å². The van der Waals surface area contributed by atoms with Gasteiger partial charge in [0.15, 0.2) is 0 Å². The molecular formula is C21H23ClN4O3. The normalized spacial score (nSPS) is 10.6. The van der Waals surface area contributed by atoms with Crippen LogP contribution in [-0.2, 0) is 11.2 Å². The highest BCUT2D eigenvalue weighted by Gasteiger charge is 2.12. The molecule has 0 aliphatic rings. The minimum atomic E-state index is -0.0924. The van der Waals surface area contributed by atoms with Crippen molar-refractivity contribution in [1.82, 2.24) is 10.1 Å². The second-order valence-corrected chi connectivity index (χ2v) is 7.13. The van der Waals surface area contributed by atoms with Gasteiger partial charge >= 0.3 is 0 Å². The topological polar surface area (TPSA) is 80.5 Å². The zero-order valence-corrected chi connectivity index (χ0v) is 17.4. The summed E-state index contributed by atoms with van der Waals surface area (Å²) < 4.78 is 10.4. The lowest BCUT2D eigenvalue weighted by molar-refractivity contribution is -0.116. The highest BCUT2D eigenvalue weighted by molar-refractivity contribution is 6.31. The zero-order chi connectivity index (χ0) is 20.8. The van der Waals surface area contributed by atoms with Crippen molar-refractivity contribution in [3.8, 4) is 17.1 Å². The maximum Gasteiger partial charge on any atom is 0.226 e. The summed E-state index contributed by atoms with van der Waals surface area (Å²) in [5, 5.41) is 7.49. The summed E-state index contributed by atoms with van der Waals surface area (Å²) in [4.78, 5) is 18.6. The van der Waals surface area contributed by atoms with E-state index in [4.69, 9.17) is 20.9 Å². The van der Waals surface area contributed by atoms with Crippen molar-refractivity contribution in [2.24, 2.45) is 0 Å². The molecule has 2 aromatic carbocycles. The number of benzene rings is 2. The van der Waals surface area contributed by atoms with Gasteiger partial charge in [-0.3, -0.25) is 4.79 Å². The van der Waals surface area contributed by atoms with Crippen molar-refractivity contribution < 1.29 is 14.1 Å². The van der Waals surface area contributed by atoms with E-state index < -0.39 is 0 Å². The van der Waals surface area contributed by atoms with Crippen LogP contribution < -0.4 is 15.0 Å². The molecule has 29 heavy (non-hydrogen) atoms. The van der Waals surface area contributed by atoms with Crippen molar-refractivity contribution in [3.63, 3.8) is 0 Å². The van der Waals surface area contributed by atoms with Gasteiger partial charge in [0.25, 0.3) is 0 Å². The molecule has 0 radical (unpaired) electrons. The van der Waals surface area contributed by atoms with E-state index in [1.165, 1.54) is 0 Å². The van der Waals surface area contributed by atoms with Gasteiger partial charge in [0.2, 0.25) is 17.6 Å². The first-order valence-corrected chi connectivity index (χ1v) is 9.58. The molecule has 0 aliphatic heterocycles. The summed E-state index contributed by atoms with van der Waals surface area (Å²) in [6, 6.07) is 12.8. The first kappa shape index (κ1) is 20.7. The first-order chi connectivity index (χ1) is 14.0. The maximum atomic E-state index is 12.3. The molecule has 3 rings (SSSR count). The lowest BCUT2D eigenvalue weighted by atomic mass is 10.2. The molecule has 1 N–H and O–H groups in total. The number of halogens is 1. The van der Waals surface area contributed by atoms with Crippen LogP contribution in [0.4, 0.5) is 11.4 Å². The molecular weight excluding hydrogens is 392 g/mol. The molecule has 0 unspecified atom stereocenters. The van der Waals surface area contributed by atoms with Gasteiger partial charge in [0.1, 0.15) is 5.75 Å². The Bertz CT molecular complexity index is 970. The number of carbonyl (C=O) groups is 1. The molecule has 152 valence electrons. The third-order valence-corrected chi connectivity index (χ3v) is 4.56. The fourth-order valence-electron chi connectivity index (χ4n) is 2.82. The van der Waals surface area contributed by atoms with Gasteiger partial charge in [0.05, 0.1) is 18.5 Å². The van der Waals surface area contributed by atoms with E-state index in [0.29, 0.717) is 41.7 Å². The first-order valence-electron chi connectivity index (χ1n) is 9.20. The second kappa shape index (κ2) is 9.43. The van der Waals surface area contributed by atoms with E-state index in [2.05, 4.69) is 15.5 Å². The number of nitrogens with zero attached hydrogens (tertiary/aromatic N) is 3. The van der Waals surface area contributed by atoms with Gasteiger partial charge in [-0.2, -0.15) is 4.98 Å². The Morgan fingerprint density at radius 2 is 1.97 bits per heavy atom. The molecule has 0 fully saturated rings. The molecule has 0 saturated carbocycles. The monoisotopic (exact) mass is 414 g/mol. The predicted octanol–water partition coefficient (Wildman–Crippen LogP) is 4.43. The van der Waals surface area contributed by atoms with Crippen LogP contribution in [0.5, 0.6) is 5.75 Å². The average Bonchev–Trinajstić information content (AvgIpc) is 3.17. The number of methoxy groups -OCH3 is 1.